The van der Waals surface area contributed by atoms with E-state index in [0.29, 0.717) is 5.57 Å². The maximum absolute atomic E-state index is 12.5. The number of rotatable bonds is 4. The summed E-state index contributed by atoms with van der Waals surface area (Å²) in [4.78, 5) is 0. The summed E-state index contributed by atoms with van der Waals surface area (Å²) in [6.07, 6.45) is -1.40. The Bertz CT molecular complexity index is 493. The van der Waals surface area contributed by atoms with Crippen LogP contribution in [0.2, 0.25) is 0 Å². The van der Waals surface area contributed by atoms with Crippen molar-refractivity contribution in [3.05, 3.63) is 53.1 Å². The molecule has 0 saturated heterocycles. The van der Waals surface area contributed by atoms with Gasteiger partial charge < -0.3 is 0 Å². The molecule has 0 aliphatic rings. The summed E-state index contributed by atoms with van der Waals surface area (Å²) in [5, 5.41) is 0. The van der Waals surface area contributed by atoms with E-state index in [0.717, 1.165) is 31.4 Å². The number of hydrogen-bond acceptors (Lipinski definition) is 0. The normalized spacial score (nSPS) is 12.6. The van der Waals surface area contributed by atoms with E-state index in [1.807, 2.05) is 25.1 Å². The molecule has 0 bridgehead atoms. The van der Waals surface area contributed by atoms with E-state index in [2.05, 4.69) is 13.5 Å². The molecule has 104 valence electrons. The predicted molar refractivity (Wildman–Crippen MR) is 74.0 cm³/mol. The van der Waals surface area contributed by atoms with Gasteiger partial charge in [0, 0.05) is 5.57 Å². The average Bonchev–Trinajstić information content (AvgIpc) is 2.36. The minimum Gasteiger partial charge on any atom is -0.166 e. The van der Waals surface area contributed by atoms with E-state index in [9.17, 15) is 13.2 Å². The van der Waals surface area contributed by atoms with Crippen molar-refractivity contribution in [2.45, 2.75) is 39.8 Å². The second-order valence-corrected chi connectivity index (χ2v) is 4.54. The van der Waals surface area contributed by atoms with Crippen molar-refractivity contribution in [2.75, 3.05) is 0 Å². The van der Waals surface area contributed by atoms with Gasteiger partial charge in [-0.15, -0.1) is 0 Å². The zero-order valence-electron chi connectivity index (χ0n) is 11.6. The van der Waals surface area contributed by atoms with E-state index in [1.54, 1.807) is 0 Å². The van der Waals surface area contributed by atoms with Crippen molar-refractivity contribution in [1.29, 1.82) is 0 Å². The van der Waals surface area contributed by atoms with Crippen LogP contribution in [-0.4, -0.2) is 6.18 Å². The number of benzene rings is 1. The highest BCUT2D eigenvalue weighted by molar-refractivity contribution is 5.73. The molecular weight excluding hydrogens is 249 g/mol. The molecule has 0 unspecified atom stereocenters. The molecule has 0 heterocycles. The van der Waals surface area contributed by atoms with Gasteiger partial charge in [-0.1, -0.05) is 38.6 Å². The summed E-state index contributed by atoms with van der Waals surface area (Å²) >= 11 is 0. The smallest absolute Gasteiger partial charge is 0.166 e. The molecule has 0 saturated carbocycles. The first-order valence-corrected chi connectivity index (χ1v) is 6.36. The van der Waals surface area contributed by atoms with E-state index in [4.69, 9.17) is 0 Å². The van der Waals surface area contributed by atoms with Gasteiger partial charge in [0.05, 0.1) is 0 Å². The Morgan fingerprint density at radius 3 is 2.21 bits per heavy atom. The molecule has 1 aromatic carbocycles. The number of halogens is 3. The molecule has 0 amide bonds. The summed E-state index contributed by atoms with van der Waals surface area (Å²) in [6.45, 7) is 8.90. The van der Waals surface area contributed by atoms with Crippen LogP contribution in [0, 0.1) is 0 Å². The monoisotopic (exact) mass is 268 g/mol. The highest BCUT2D eigenvalue weighted by Crippen LogP contribution is 2.28. The fourth-order valence-electron chi connectivity index (χ4n) is 1.93. The molecule has 0 atom stereocenters. The zero-order chi connectivity index (χ0) is 14.6. The lowest BCUT2D eigenvalue weighted by molar-refractivity contribution is -0.0912. The number of hydrogen-bond donors (Lipinski definition) is 0. The van der Waals surface area contributed by atoms with Crippen molar-refractivity contribution < 1.29 is 13.2 Å². The first-order chi connectivity index (χ1) is 8.79. The Kier molecular flexibility index (Phi) is 4.98. The standard InChI is InChI=1S/C16H19F3/c1-5-13-7-8-15(10-14(13)6-2)11(3)9-12(4)16(17,18)19/h7-10H,3,5-6H2,1-2,4H3/b12-9+. The maximum Gasteiger partial charge on any atom is 0.412 e. The lowest BCUT2D eigenvalue weighted by Gasteiger charge is -2.11. The van der Waals surface area contributed by atoms with E-state index >= 15 is 0 Å². The predicted octanol–water partition coefficient (Wildman–Crippen LogP) is 5.33. The van der Waals surface area contributed by atoms with E-state index in [-0.39, 0.29) is 0 Å². The van der Waals surface area contributed by atoms with Gasteiger partial charge in [0.2, 0.25) is 0 Å². The summed E-state index contributed by atoms with van der Waals surface area (Å²) in [5.41, 5.74) is 2.91. The largest absolute Gasteiger partial charge is 0.412 e. The molecule has 0 radical (unpaired) electrons. The van der Waals surface area contributed by atoms with Crippen molar-refractivity contribution >= 4 is 5.57 Å². The van der Waals surface area contributed by atoms with E-state index in [1.165, 1.54) is 11.1 Å². The fourth-order valence-corrected chi connectivity index (χ4v) is 1.93. The Morgan fingerprint density at radius 2 is 1.74 bits per heavy atom. The molecular formula is C16H19F3. The van der Waals surface area contributed by atoms with Gasteiger partial charge in [0.15, 0.2) is 0 Å². The second-order valence-electron chi connectivity index (χ2n) is 4.54. The van der Waals surface area contributed by atoms with Gasteiger partial charge in [-0.3, -0.25) is 0 Å². The van der Waals surface area contributed by atoms with Crippen LogP contribution < -0.4 is 0 Å². The van der Waals surface area contributed by atoms with Crippen LogP contribution in [0.3, 0.4) is 0 Å². The van der Waals surface area contributed by atoms with Gasteiger partial charge >= 0.3 is 6.18 Å². The van der Waals surface area contributed by atoms with Crippen LogP contribution in [0.5, 0.6) is 0 Å². The van der Waals surface area contributed by atoms with Gasteiger partial charge in [0.1, 0.15) is 0 Å². The highest BCUT2D eigenvalue weighted by Gasteiger charge is 2.29. The molecule has 0 spiro atoms. The summed E-state index contributed by atoms with van der Waals surface area (Å²) in [6, 6.07) is 5.73. The maximum atomic E-state index is 12.5. The van der Waals surface area contributed by atoms with Gasteiger partial charge in [-0.2, -0.15) is 13.2 Å². The van der Waals surface area contributed by atoms with Gasteiger partial charge in [0.25, 0.3) is 0 Å². The fraction of sp³-hybridized carbons (Fsp3) is 0.375. The molecule has 0 nitrogen and oxygen atoms in total. The third kappa shape index (κ3) is 3.98. The zero-order valence-corrected chi connectivity index (χ0v) is 11.6. The lowest BCUT2D eigenvalue weighted by Crippen LogP contribution is -2.08. The molecule has 0 aromatic heterocycles. The SMILES string of the molecule is C=C(/C=C(\C)C(F)(F)F)c1ccc(CC)c(CC)c1. The molecule has 19 heavy (non-hydrogen) atoms. The van der Waals surface area contributed by atoms with Crippen LogP contribution in [0.1, 0.15) is 37.5 Å². The number of aryl methyl sites for hydroxylation is 2. The van der Waals surface area contributed by atoms with Gasteiger partial charge in [-0.25, -0.2) is 0 Å². The third-order valence-electron chi connectivity index (χ3n) is 3.18. The first kappa shape index (κ1) is 15.5. The van der Waals surface area contributed by atoms with Crippen LogP contribution in [0.25, 0.3) is 5.57 Å². The Hall–Kier alpha value is -1.51. The Morgan fingerprint density at radius 1 is 1.16 bits per heavy atom. The minimum atomic E-state index is -4.29. The molecule has 0 aliphatic carbocycles. The van der Waals surface area contributed by atoms with Crippen molar-refractivity contribution in [2.24, 2.45) is 0 Å². The highest BCUT2D eigenvalue weighted by atomic mass is 19.4. The van der Waals surface area contributed by atoms with Crippen molar-refractivity contribution in [3.8, 4) is 0 Å². The van der Waals surface area contributed by atoms with Crippen LogP contribution in [-0.2, 0) is 12.8 Å². The molecule has 1 rings (SSSR count). The molecule has 3 heteroatoms. The van der Waals surface area contributed by atoms with Crippen molar-refractivity contribution in [3.63, 3.8) is 0 Å². The summed E-state index contributed by atoms with van der Waals surface area (Å²) in [7, 11) is 0. The Labute approximate surface area is 112 Å². The Balaban J connectivity index is 3.08. The lowest BCUT2D eigenvalue weighted by atomic mass is 9.96. The molecule has 0 N–H and O–H groups in total. The first-order valence-electron chi connectivity index (χ1n) is 6.36. The van der Waals surface area contributed by atoms with Crippen LogP contribution in [0.4, 0.5) is 13.2 Å². The number of alkyl halides is 3. The topological polar surface area (TPSA) is 0 Å². The van der Waals surface area contributed by atoms with Crippen LogP contribution >= 0.6 is 0 Å². The molecule has 0 aliphatic heterocycles. The minimum absolute atomic E-state index is 0.396. The molecule has 1 aromatic rings. The average molecular weight is 268 g/mol. The summed E-state index contributed by atoms with van der Waals surface area (Å²) < 4.78 is 37.4. The third-order valence-corrected chi connectivity index (χ3v) is 3.18. The second kappa shape index (κ2) is 6.09. The van der Waals surface area contributed by atoms with Crippen molar-refractivity contribution in [1.82, 2.24) is 0 Å². The quantitative estimate of drug-likeness (QED) is 0.647. The van der Waals surface area contributed by atoms with E-state index < -0.39 is 11.7 Å². The van der Waals surface area contributed by atoms with Crippen LogP contribution in [0.15, 0.2) is 36.4 Å². The summed E-state index contributed by atoms with van der Waals surface area (Å²) in [5.74, 6) is 0. The van der Waals surface area contributed by atoms with Gasteiger partial charge in [-0.05, 0) is 48.1 Å². The molecule has 0 fully saturated rings. The number of allylic oxidation sites excluding steroid dienone is 3.